The second-order valence-electron chi connectivity index (χ2n) is 4.02. The van der Waals surface area contributed by atoms with Crippen LogP contribution in [0.15, 0.2) is 22.8 Å². The minimum absolute atomic E-state index is 0.608. The van der Waals surface area contributed by atoms with Crippen molar-refractivity contribution in [3.8, 4) is 0 Å². The van der Waals surface area contributed by atoms with Crippen LogP contribution < -0.4 is 5.32 Å². The van der Waals surface area contributed by atoms with Crippen molar-refractivity contribution in [2.75, 3.05) is 5.32 Å². The number of hydrogen-bond donors (Lipinski definition) is 1. The van der Waals surface area contributed by atoms with Gasteiger partial charge in [0.1, 0.15) is 5.82 Å². The third-order valence-corrected chi connectivity index (χ3v) is 3.41. The van der Waals surface area contributed by atoms with E-state index >= 15 is 0 Å². The first kappa shape index (κ1) is 9.97. The van der Waals surface area contributed by atoms with Crippen LogP contribution in [0.2, 0.25) is 0 Å². The number of rotatable bonds is 2. The van der Waals surface area contributed by atoms with Gasteiger partial charge in [-0.25, -0.2) is 4.98 Å². The Morgan fingerprint density at radius 3 is 3.00 bits per heavy atom. The van der Waals surface area contributed by atoms with E-state index in [-0.39, 0.29) is 0 Å². The van der Waals surface area contributed by atoms with E-state index in [4.69, 9.17) is 0 Å². The molecule has 1 aliphatic rings. The van der Waals surface area contributed by atoms with Gasteiger partial charge >= 0.3 is 0 Å². The van der Waals surface area contributed by atoms with Crippen molar-refractivity contribution >= 4 is 21.7 Å². The van der Waals surface area contributed by atoms with E-state index < -0.39 is 0 Å². The second-order valence-corrected chi connectivity index (χ2v) is 4.93. The topological polar surface area (TPSA) is 24.9 Å². The van der Waals surface area contributed by atoms with Gasteiger partial charge in [0, 0.05) is 16.7 Å². The van der Waals surface area contributed by atoms with E-state index in [9.17, 15) is 0 Å². The summed E-state index contributed by atoms with van der Waals surface area (Å²) in [7, 11) is 0. The van der Waals surface area contributed by atoms with Crippen molar-refractivity contribution in [3.63, 3.8) is 0 Å². The van der Waals surface area contributed by atoms with E-state index in [2.05, 4.69) is 33.2 Å². The lowest BCUT2D eigenvalue weighted by Gasteiger charge is -2.17. The molecule has 14 heavy (non-hydrogen) atoms. The number of hydrogen-bond acceptors (Lipinski definition) is 2. The average molecular weight is 255 g/mol. The maximum absolute atomic E-state index is 4.30. The molecule has 1 aromatic rings. The summed E-state index contributed by atoms with van der Waals surface area (Å²) in [5.74, 6) is 1.76. The lowest BCUT2D eigenvalue weighted by molar-refractivity contribution is 0.555. The summed E-state index contributed by atoms with van der Waals surface area (Å²) in [4.78, 5) is 4.30. The standard InChI is InChI=1S/C11H15BrN2/c1-8-3-2-4-10(8)14-11-7-9(12)5-6-13-11/h5-8,10H,2-4H2,1H3,(H,13,14). The molecule has 1 aliphatic carbocycles. The van der Waals surface area contributed by atoms with Gasteiger partial charge in [0.15, 0.2) is 0 Å². The molecule has 1 saturated carbocycles. The highest BCUT2D eigenvalue weighted by Gasteiger charge is 2.23. The highest BCUT2D eigenvalue weighted by Crippen LogP contribution is 2.27. The normalized spacial score (nSPS) is 26.4. The first-order chi connectivity index (χ1) is 6.75. The fourth-order valence-corrected chi connectivity index (χ4v) is 2.37. The lowest BCUT2D eigenvalue weighted by atomic mass is 10.1. The van der Waals surface area contributed by atoms with Gasteiger partial charge in [-0.05, 0) is 30.9 Å². The summed E-state index contributed by atoms with van der Waals surface area (Å²) in [6.07, 6.45) is 5.78. The molecule has 1 aromatic heterocycles. The quantitative estimate of drug-likeness (QED) is 0.875. The van der Waals surface area contributed by atoms with Crippen molar-refractivity contribution in [3.05, 3.63) is 22.8 Å². The maximum Gasteiger partial charge on any atom is 0.127 e. The molecule has 2 unspecified atom stereocenters. The molecule has 0 spiro atoms. The Bertz CT molecular complexity index is 314. The number of halogens is 1. The molecule has 1 N–H and O–H groups in total. The SMILES string of the molecule is CC1CCCC1Nc1cc(Br)ccn1. The minimum atomic E-state index is 0.608. The first-order valence-corrected chi connectivity index (χ1v) is 5.93. The maximum atomic E-state index is 4.30. The summed E-state index contributed by atoms with van der Waals surface area (Å²) in [5, 5.41) is 3.49. The molecule has 2 nitrogen and oxygen atoms in total. The second kappa shape index (κ2) is 4.30. The number of nitrogens with one attached hydrogen (secondary N) is 1. The molecular weight excluding hydrogens is 240 g/mol. The van der Waals surface area contributed by atoms with Gasteiger partial charge in [0.2, 0.25) is 0 Å². The highest BCUT2D eigenvalue weighted by atomic mass is 79.9. The van der Waals surface area contributed by atoms with Crippen LogP contribution in [-0.4, -0.2) is 11.0 Å². The number of anilines is 1. The van der Waals surface area contributed by atoms with Crippen LogP contribution in [0.25, 0.3) is 0 Å². The van der Waals surface area contributed by atoms with Crippen LogP contribution in [0.5, 0.6) is 0 Å². The Hall–Kier alpha value is -0.570. The average Bonchev–Trinajstić information content (AvgIpc) is 2.52. The molecule has 0 amide bonds. The lowest BCUT2D eigenvalue weighted by Crippen LogP contribution is -2.22. The van der Waals surface area contributed by atoms with E-state index in [0.717, 1.165) is 16.2 Å². The number of aromatic nitrogens is 1. The third kappa shape index (κ3) is 2.27. The van der Waals surface area contributed by atoms with Gasteiger partial charge in [0.25, 0.3) is 0 Å². The van der Waals surface area contributed by atoms with Crippen molar-refractivity contribution in [2.45, 2.75) is 32.2 Å². The third-order valence-electron chi connectivity index (χ3n) is 2.92. The predicted molar refractivity (Wildman–Crippen MR) is 62.4 cm³/mol. The summed E-state index contributed by atoms with van der Waals surface area (Å²) >= 11 is 3.45. The first-order valence-electron chi connectivity index (χ1n) is 5.14. The fraction of sp³-hybridized carbons (Fsp3) is 0.545. The zero-order chi connectivity index (χ0) is 9.97. The van der Waals surface area contributed by atoms with Crippen molar-refractivity contribution in [1.29, 1.82) is 0 Å². The smallest absolute Gasteiger partial charge is 0.127 e. The van der Waals surface area contributed by atoms with Crippen LogP contribution >= 0.6 is 15.9 Å². The molecule has 0 saturated heterocycles. The Morgan fingerprint density at radius 1 is 1.50 bits per heavy atom. The van der Waals surface area contributed by atoms with E-state index in [0.29, 0.717) is 6.04 Å². The molecule has 1 heterocycles. The van der Waals surface area contributed by atoms with E-state index in [1.165, 1.54) is 19.3 Å². The summed E-state index contributed by atoms with van der Waals surface area (Å²) < 4.78 is 1.08. The zero-order valence-corrected chi connectivity index (χ0v) is 9.92. The van der Waals surface area contributed by atoms with E-state index in [1.807, 2.05) is 18.3 Å². The zero-order valence-electron chi connectivity index (χ0n) is 8.33. The Labute approximate surface area is 93.3 Å². The van der Waals surface area contributed by atoms with Gasteiger partial charge in [-0.1, -0.05) is 29.3 Å². The minimum Gasteiger partial charge on any atom is -0.367 e. The molecule has 0 radical (unpaired) electrons. The Morgan fingerprint density at radius 2 is 2.36 bits per heavy atom. The van der Waals surface area contributed by atoms with E-state index in [1.54, 1.807) is 0 Å². The van der Waals surface area contributed by atoms with Gasteiger partial charge in [-0.2, -0.15) is 0 Å². The van der Waals surface area contributed by atoms with Crippen LogP contribution in [-0.2, 0) is 0 Å². The van der Waals surface area contributed by atoms with Crippen LogP contribution in [0.4, 0.5) is 5.82 Å². The molecule has 76 valence electrons. The molecular formula is C11H15BrN2. The van der Waals surface area contributed by atoms with Crippen LogP contribution in [0, 0.1) is 5.92 Å². The molecule has 0 aromatic carbocycles. The Balaban J connectivity index is 2.03. The van der Waals surface area contributed by atoms with Crippen LogP contribution in [0.3, 0.4) is 0 Å². The number of nitrogens with zero attached hydrogens (tertiary/aromatic N) is 1. The molecule has 0 aliphatic heterocycles. The van der Waals surface area contributed by atoms with Crippen molar-refractivity contribution in [1.82, 2.24) is 4.98 Å². The summed E-state index contributed by atoms with van der Waals surface area (Å²) in [5.41, 5.74) is 0. The van der Waals surface area contributed by atoms with Crippen molar-refractivity contribution < 1.29 is 0 Å². The Kier molecular flexibility index (Phi) is 3.06. The summed E-state index contributed by atoms with van der Waals surface area (Å²) in [6, 6.07) is 4.59. The van der Waals surface area contributed by atoms with Gasteiger partial charge in [-0.15, -0.1) is 0 Å². The largest absolute Gasteiger partial charge is 0.367 e. The van der Waals surface area contributed by atoms with Crippen molar-refractivity contribution in [2.24, 2.45) is 5.92 Å². The predicted octanol–water partition coefficient (Wildman–Crippen LogP) is 3.44. The van der Waals surface area contributed by atoms with Gasteiger partial charge in [-0.3, -0.25) is 0 Å². The summed E-state index contributed by atoms with van der Waals surface area (Å²) in [6.45, 7) is 2.31. The molecule has 1 fully saturated rings. The number of pyridine rings is 1. The molecule has 2 rings (SSSR count). The molecule has 3 heteroatoms. The fourth-order valence-electron chi connectivity index (χ4n) is 2.03. The monoisotopic (exact) mass is 254 g/mol. The highest BCUT2D eigenvalue weighted by molar-refractivity contribution is 9.10. The molecule has 2 atom stereocenters. The van der Waals surface area contributed by atoms with Crippen LogP contribution in [0.1, 0.15) is 26.2 Å². The molecule has 0 bridgehead atoms. The van der Waals surface area contributed by atoms with Gasteiger partial charge < -0.3 is 5.32 Å². The van der Waals surface area contributed by atoms with Gasteiger partial charge in [0.05, 0.1) is 0 Å².